The van der Waals surface area contributed by atoms with Crippen molar-refractivity contribution >= 4 is 28.2 Å². The van der Waals surface area contributed by atoms with Gasteiger partial charge in [0, 0.05) is 12.0 Å². The van der Waals surface area contributed by atoms with Crippen LogP contribution in [0.4, 0.5) is 0 Å². The Kier molecular flexibility index (Phi) is 5.43. The van der Waals surface area contributed by atoms with Crippen molar-refractivity contribution in [1.82, 2.24) is 0 Å². The SMILES string of the molecule is CSC(=S)CCOc1ccccc1-c1ccccc1. The van der Waals surface area contributed by atoms with E-state index < -0.39 is 0 Å². The lowest BCUT2D eigenvalue weighted by atomic mass is 10.1. The minimum Gasteiger partial charge on any atom is -0.493 e. The lowest BCUT2D eigenvalue weighted by Gasteiger charge is -2.11. The summed E-state index contributed by atoms with van der Waals surface area (Å²) in [5.74, 6) is 0.914. The van der Waals surface area contributed by atoms with Crippen LogP contribution < -0.4 is 4.74 Å². The van der Waals surface area contributed by atoms with Crippen molar-refractivity contribution in [2.75, 3.05) is 12.9 Å². The number of hydrogen-bond donors (Lipinski definition) is 0. The van der Waals surface area contributed by atoms with Gasteiger partial charge in [-0.1, -0.05) is 60.7 Å². The van der Waals surface area contributed by atoms with Crippen molar-refractivity contribution in [2.45, 2.75) is 6.42 Å². The van der Waals surface area contributed by atoms with Crippen molar-refractivity contribution < 1.29 is 4.74 Å². The highest BCUT2D eigenvalue weighted by Gasteiger charge is 2.05. The van der Waals surface area contributed by atoms with E-state index in [1.807, 2.05) is 42.7 Å². The molecular formula is C16H16OS2. The van der Waals surface area contributed by atoms with Crippen molar-refractivity contribution in [1.29, 1.82) is 0 Å². The first-order chi connectivity index (χ1) is 9.31. The second-order valence-corrected chi connectivity index (χ2v) is 5.69. The van der Waals surface area contributed by atoms with Crippen LogP contribution >= 0.6 is 24.0 Å². The molecule has 0 amide bonds. The van der Waals surface area contributed by atoms with Gasteiger partial charge in [0.1, 0.15) is 5.75 Å². The molecule has 0 heterocycles. The predicted molar refractivity (Wildman–Crippen MR) is 88.1 cm³/mol. The van der Waals surface area contributed by atoms with Crippen LogP contribution in [0.25, 0.3) is 11.1 Å². The molecular weight excluding hydrogens is 272 g/mol. The molecule has 0 fully saturated rings. The molecule has 0 aromatic heterocycles. The standard InChI is InChI=1S/C16H16OS2/c1-19-16(18)11-12-17-15-10-6-5-9-14(15)13-7-3-2-4-8-13/h2-10H,11-12H2,1H3. The average Bonchev–Trinajstić information content (AvgIpc) is 2.48. The summed E-state index contributed by atoms with van der Waals surface area (Å²) in [4.78, 5) is 0. The second kappa shape index (κ2) is 7.31. The van der Waals surface area contributed by atoms with E-state index in [2.05, 4.69) is 18.2 Å². The molecule has 0 atom stereocenters. The van der Waals surface area contributed by atoms with Crippen molar-refractivity contribution in [3.05, 3.63) is 54.6 Å². The van der Waals surface area contributed by atoms with E-state index in [9.17, 15) is 0 Å². The Bertz CT molecular complexity index is 537. The summed E-state index contributed by atoms with van der Waals surface area (Å²) < 4.78 is 6.85. The van der Waals surface area contributed by atoms with E-state index in [-0.39, 0.29) is 0 Å². The van der Waals surface area contributed by atoms with E-state index in [0.717, 1.165) is 21.9 Å². The lowest BCUT2D eigenvalue weighted by molar-refractivity contribution is 0.332. The Morgan fingerprint density at radius 1 is 1.05 bits per heavy atom. The molecule has 0 radical (unpaired) electrons. The molecule has 0 unspecified atom stereocenters. The summed E-state index contributed by atoms with van der Waals surface area (Å²) >= 11 is 6.79. The minimum absolute atomic E-state index is 0.628. The number of thiocarbonyl (C=S) groups is 1. The number of rotatable bonds is 5. The highest BCUT2D eigenvalue weighted by molar-refractivity contribution is 8.22. The maximum atomic E-state index is 5.86. The fourth-order valence-electron chi connectivity index (χ4n) is 1.80. The molecule has 0 saturated heterocycles. The number of benzene rings is 2. The minimum atomic E-state index is 0.628. The highest BCUT2D eigenvalue weighted by Crippen LogP contribution is 2.29. The molecule has 0 spiro atoms. The van der Waals surface area contributed by atoms with Crippen LogP contribution in [-0.2, 0) is 0 Å². The van der Waals surface area contributed by atoms with Gasteiger partial charge in [0.15, 0.2) is 0 Å². The Hall–Kier alpha value is -1.32. The first-order valence-electron chi connectivity index (χ1n) is 6.15. The molecule has 2 aromatic rings. The predicted octanol–water partition coefficient (Wildman–Crippen LogP) is 4.81. The van der Waals surface area contributed by atoms with Gasteiger partial charge in [0.2, 0.25) is 0 Å². The van der Waals surface area contributed by atoms with Gasteiger partial charge in [0.25, 0.3) is 0 Å². The maximum absolute atomic E-state index is 5.86. The van der Waals surface area contributed by atoms with E-state index in [1.54, 1.807) is 11.8 Å². The van der Waals surface area contributed by atoms with Gasteiger partial charge >= 0.3 is 0 Å². The summed E-state index contributed by atoms with van der Waals surface area (Å²) in [5.41, 5.74) is 2.30. The zero-order chi connectivity index (χ0) is 13.5. The van der Waals surface area contributed by atoms with Gasteiger partial charge in [-0.05, 0) is 17.9 Å². The zero-order valence-corrected chi connectivity index (χ0v) is 12.5. The quantitative estimate of drug-likeness (QED) is 0.730. The monoisotopic (exact) mass is 288 g/mol. The van der Waals surface area contributed by atoms with Crippen LogP contribution in [0.15, 0.2) is 54.6 Å². The topological polar surface area (TPSA) is 9.23 Å². The van der Waals surface area contributed by atoms with Crippen LogP contribution in [0.3, 0.4) is 0 Å². The van der Waals surface area contributed by atoms with Gasteiger partial charge in [-0.2, -0.15) is 0 Å². The first kappa shape index (κ1) is 14.1. The molecule has 1 nitrogen and oxygen atoms in total. The smallest absolute Gasteiger partial charge is 0.127 e. The van der Waals surface area contributed by atoms with E-state index in [1.165, 1.54) is 5.56 Å². The fourth-order valence-corrected chi connectivity index (χ4v) is 2.17. The van der Waals surface area contributed by atoms with E-state index in [0.29, 0.717) is 6.61 Å². The molecule has 2 rings (SSSR count). The summed E-state index contributed by atoms with van der Waals surface area (Å²) in [7, 11) is 0. The molecule has 0 bridgehead atoms. The molecule has 98 valence electrons. The molecule has 0 N–H and O–H groups in total. The molecule has 0 saturated carbocycles. The Morgan fingerprint density at radius 3 is 2.47 bits per heavy atom. The Labute approximate surface area is 124 Å². The molecule has 3 heteroatoms. The molecule has 0 aliphatic carbocycles. The fraction of sp³-hybridized carbons (Fsp3) is 0.188. The summed E-state index contributed by atoms with van der Waals surface area (Å²) in [6.07, 6.45) is 2.81. The third-order valence-electron chi connectivity index (χ3n) is 2.76. The Balaban J connectivity index is 2.11. The van der Waals surface area contributed by atoms with Crippen molar-refractivity contribution in [2.24, 2.45) is 0 Å². The summed E-state index contributed by atoms with van der Waals surface area (Å²) in [6, 6.07) is 18.4. The van der Waals surface area contributed by atoms with Crippen molar-refractivity contribution in [3.8, 4) is 16.9 Å². The van der Waals surface area contributed by atoms with Crippen LogP contribution in [0.5, 0.6) is 5.75 Å². The maximum Gasteiger partial charge on any atom is 0.127 e. The molecule has 0 aliphatic heterocycles. The Morgan fingerprint density at radius 2 is 1.74 bits per heavy atom. The zero-order valence-electron chi connectivity index (χ0n) is 10.8. The van der Waals surface area contributed by atoms with Crippen LogP contribution in [0, 0.1) is 0 Å². The number of para-hydroxylation sites is 1. The second-order valence-electron chi connectivity index (χ2n) is 4.04. The first-order valence-corrected chi connectivity index (χ1v) is 7.78. The molecule has 0 aliphatic rings. The summed E-state index contributed by atoms with van der Waals surface area (Å²) in [5, 5.41) is 0. The van der Waals surface area contributed by atoms with Crippen LogP contribution in [0.2, 0.25) is 0 Å². The third-order valence-corrected chi connectivity index (χ3v) is 4.13. The van der Waals surface area contributed by atoms with E-state index in [4.69, 9.17) is 17.0 Å². The van der Waals surface area contributed by atoms with Crippen LogP contribution in [0.1, 0.15) is 6.42 Å². The van der Waals surface area contributed by atoms with Gasteiger partial charge in [-0.25, -0.2) is 0 Å². The molecule has 19 heavy (non-hydrogen) atoms. The lowest BCUT2D eigenvalue weighted by Crippen LogP contribution is -2.02. The third kappa shape index (κ3) is 4.08. The number of ether oxygens (including phenoxy) is 1. The molecule has 2 aromatic carbocycles. The normalized spacial score (nSPS) is 10.2. The van der Waals surface area contributed by atoms with Gasteiger partial charge in [-0.3, -0.25) is 0 Å². The number of hydrogen-bond acceptors (Lipinski definition) is 3. The van der Waals surface area contributed by atoms with Crippen molar-refractivity contribution in [3.63, 3.8) is 0 Å². The average molecular weight is 288 g/mol. The summed E-state index contributed by atoms with van der Waals surface area (Å²) in [6.45, 7) is 0.628. The van der Waals surface area contributed by atoms with Gasteiger partial charge in [-0.15, -0.1) is 11.8 Å². The largest absolute Gasteiger partial charge is 0.493 e. The van der Waals surface area contributed by atoms with Crippen LogP contribution in [-0.4, -0.2) is 17.1 Å². The van der Waals surface area contributed by atoms with Gasteiger partial charge in [0.05, 0.1) is 10.8 Å². The highest BCUT2D eigenvalue weighted by atomic mass is 32.2. The van der Waals surface area contributed by atoms with E-state index >= 15 is 0 Å². The number of thioether (sulfide) groups is 1. The van der Waals surface area contributed by atoms with Gasteiger partial charge < -0.3 is 4.74 Å².